The molecule has 0 bridgehead atoms. The molecule has 1 aromatic heterocycles. The van der Waals surface area contributed by atoms with Crippen molar-refractivity contribution in [3.63, 3.8) is 0 Å². The van der Waals surface area contributed by atoms with Crippen molar-refractivity contribution >= 4 is 5.97 Å². The molecule has 1 heterocycles. The number of pyridine rings is 1. The number of aliphatic carboxylic acids is 1. The summed E-state index contributed by atoms with van der Waals surface area (Å²) in [4.78, 5) is 23.5. The van der Waals surface area contributed by atoms with Gasteiger partial charge in [-0.3, -0.25) is 9.59 Å². The number of nitriles is 1. The maximum absolute atomic E-state index is 12.4. The van der Waals surface area contributed by atoms with E-state index in [1.54, 1.807) is 0 Å². The summed E-state index contributed by atoms with van der Waals surface area (Å²) in [7, 11) is 0. The van der Waals surface area contributed by atoms with Gasteiger partial charge in [-0.15, -0.1) is 0 Å². The number of aromatic nitrogens is 1. The van der Waals surface area contributed by atoms with Gasteiger partial charge in [-0.2, -0.15) is 5.26 Å². The number of carboxylic acids is 1. The number of nitrogens with zero attached hydrogens (tertiary/aromatic N) is 1. The minimum atomic E-state index is -2.95. The Labute approximate surface area is 88.0 Å². The van der Waals surface area contributed by atoms with Crippen molar-refractivity contribution in [3.05, 3.63) is 33.2 Å². The SMILES string of the molecule is N#Cc1[nH]c(=O)c(CC(=O)O)cc1C(F)F. The van der Waals surface area contributed by atoms with Crippen LogP contribution in [-0.4, -0.2) is 16.1 Å². The molecule has 0 aliphatic rings. The fourth-order valence-electron chi connectivity index (χ4n) is 1.15. The Balaban J connectivity index is 3.34. The molecule has 0 saturated heterocycles. The molecule has 7 heteroatoms. The van der Waals surface area contributed by atoms with Gasteiger partial charge in [0.2, 0.25) is 0 Å². The molecule has 0 amide bonds. The molecule has 0 atom stereocenters. The van der Waals surface area contributed by atoms with Crippen molar-refractivity contribution < 1.29 is 18.7 Å². The molecule has 84 valence electrons. The third-order valence-electron chi connectivity index (χ3n) is 1.84. The number of halogens is 2. The lowest BCUT2D eigenvalue weighted by molar-refractivity contribution is -0.136. The summed E-state index contributed by atoms with van der Waals surface area (Å²) < 4.78 is 24.9. The molecule has 0 aliphatic heterocycles. The van der Waals surface area contributed by atoms with Crippen LogP contribution in [0.25, 0.3) is 0 Å². The Morgan fingerprint density at radius 2 is 2.25 bits per heavy atom. The summed E-state index contributed by atoms with van der Waals surface area (Å²) in [5.41, 5.74) is -2.36. The van der Waals surface area contributed by atoms with Crippen molar-refractivity contribution in [1.29, 1.82) is 5.26 Å². The first-order valence-electron chi connectivity index (χ1n) is 4.12. The van der Waals surface area contributed by atoms with Crippen molar-refractivity contribution in [1.82, 2.24) is 4.98 Å². The van der Waals surface area contributed by atoms with Gasteiger partial charge in [-0.25, -0.2) is 8.78 Å². The van der Waals surface area contributed by atoms with Crippen LogP contribution in [0.3, 0.4) is 0 Å². The third kappa shape index (κ3) is 2.42. The highest BCUT2D eigenvalue weighted by Gasteiger charge is 2.17. The van der Waals surface area contributed by atoms with E-state index in [1.165, 1.54) is 6.07 Å². The van der Waals surface area contributed by atoms with Gasteiger partial charge in [0.1, 0.15) is 11.8 Å². The van der Waals surface area contributed by atoms with Crippen LogP contribution >= 0.6 is 0 Å². The maximum atomic E-state index is 12.4. The van der Waals surface area contributed by atoms with Crippen LogP contribution in [0.15, 0.2) is 10.9 Å². The predicted molar refractivity (Wildman–Crippen MR) is 48.1 cm³/mol. The van der Waals surface area contributed by atoms with Gasteiger partial charge in [0.05, 0.1) is 12.0 Å². The van der Waals surface area contributed by atoms with Crippen LogP contribution in [0.1, 0.15) is 23.2 Å². The first kappa shape index (κ1) is 11.8. The second-order valence-electron chi connectivity index (χ2n) is 2.94. The number of carbonyl (C=O) groups is 1. The summed E-state index contributed by atoms with van der Waals surface area (Å²) in [5, 5.41) is 16.9. The molecule has 16 heavy (non-hydrogen) atoms. The van der Waals surface area contributed by atoms with Crippen LogP contribution in [0, 0.1) is 11.3 Å². The smallest absolute Gasteiger partial charge is 0.308 e. The number of alkyl halides is 2. The highest BCUT2D eigenvalue weighted by Crippen LogP contribution is 2.20. The van der Waals surface area contributed by atoms with Gasteiger partial charge in [-0.1, -0.05) is 0 Å². The molecular weight excluding hydrogens is 222 g/mol. The molecule has 5 nitrogen and oxygen atoms in total. The summed E-state index contributed by atoms with van der Waals surface area (Å²) in [6.07, 6.45) is -3.61. The molecule has 0 spiro atoms. The molecular formula is C9H6F2N2O3. The van der Waals surface area contributed by atoms with E-state index in [0.29, 0.717) is 0 Å². The molecule has 0 aliphatic carbocycles. The Morgan fingerprint density at radius 1 is 1.62 bits per heavy atom. The second-order valence-corrected chi connectivity index (χ2v) is 2.94. The number of nitrogens with one attached hydrogen (secondary N) is 1. The zero-order valence-corrected chi connectivity index (χ0v) is 7.83. The highest BCUT2D eigenvalue weighted by atomic mass is 19.3. The average Bonchev–Trinajstić information content (AvgIpc) is 2.19. The van der Waals surface area contributed by atoms with Crippen molar-refractivity contribution in [2.75, 3.05) is 0 Å². The number of carboxylic acid groups (broad SMARTS) is 1. The molecule has 0 saturated carbocycles. The van der Waals surface area contributed by atoms with Gasteiger partial charge < -0.3 is 10.1 Å². The van der Waals surface area contributed by atoms with Gasteiger partial charge in [0.25, 0.3) is 12.0 Å². The minimum absolute atomic E-state index is 0.304. The van der Waals surface area contributed by atoms with Gasteiger partial charge in [0, 0.05) is 5.56 Å². The Bertz CT molecular complexity index is 516. The fraction of sp³-hybridized carbons (Fsp3) is 0.222. The van der Waals surface area contributed by atoms with Crippen LogP contribution in [0.2, 0.25) is 0 Å². The zero-order chi connectivity index (χ0) is 12.3. The largest absolute Gasteiger partial charge is 0.481 e. The van der Waals surface area contributed by atoms with Gasteiger partial charge in [-0.05, 0) is 6.07 Å². The molecule has 0 fully saturated rings. The number of rotatable bonds is 3. The second kappa shape index (κ2) is 4.53. The molecule has 0 aromatic carbocycles. The van der Waals surface area contributed by atoms with E-state index in [4.69, 9.17) is 10.4 Å². The standard InChI is InChI=1S/C9H6F2N2O3/c10-8(11)5-1-4(2-7(14)15)9(16)13-6(5)3-12/h1,8H,2H2,(H,13,16)(H,14,15). The van der Waals surface area contributed by atoms with Crippen LogP contribution in [0.4, 0.5) is 8.78 Å². The van der Waals surface area contributed by atoms with Crippen LogP contribution < -0.4 is 5.56 Å². The normalized spacial score (nSPS) is 10.1. The molecule has 1 rings (SSSR count). The van der Waals surface area contributed by atoms with E-state index in [9.17, 15) is 18.4 Å². The number of H-pyrrole nitrogens is 1. The summed E-state index contributed by atoms with van der Waals surface area (Å²) >= 11 is 0. The lowest BCUT2D eigenvalue weighted by Gasteiger charge is -2.04. The number of hydrogen-bond acceptors (Lipinski definition) is 3. The van der Waals surface area contributed by atoms with E-state index in [2.05, 4.69) is 0 Å². The van der Waals surface area contributed by atoms with E-state index in [0.717, 1.165) is 6.07 Å². The number of hydrogen-bond donors (Lipinski definition) is 2. The van der Waals surface area contributed by atoms with Crippen molar-refractivity contribution in [2.45, 2.75) is 12.8 Å². The maximum Gasteiger partial charge on any atom is 0.308 e. The van der Waals surface area contributed by atoms with Crippen LogP contribution in [0.5, 0.6) is 0 Å². The summed E-state index contributed by atoms with van der Waals surface area (Å²) in [5.74, 6) is -1.31. The minimum Gasteiger partial charge on any atom is -0.481 e. The van der Waals surface area contributed by atoms with E-state index < -0.39 is 35.6 Å². The lowest BCUT2D eigenvalue weighted by Crippen LogP contribution is -2.18. The van der Waals surface area contributed by atoms with Crippen molar-refractivity contribution in [2.24, 2.45) is 0 Å². The Morgan fingerprint density at radius 3 is 2.69 bits per heavy atom. The Hall–Kier alpha value is -2.23. The lowest BCUT2D eigenvalue weighted by atomic mass is 10.1. The molecule has 0 unspecified atom stereocenters. The molecule has 2 N–H and O–H groups in total. The topological polar surface area (TPSA) is 94.0 Å². The quantitative estimate of drug-likeness (QED) is 0.800. The fourth-order valence-corrected chi connectivity index (χ4v) is 1.15. The zero-order valence-electron chi connectivity index (χ0n) is 7.83. The third-order valence-corrected chi connectivity index (χ3v) is 1.84. The Kier molecular flexibility index (Phi) is 3.35. The average molecular weight is 228 g/mol. The first-order chi connectivity index (χ1) is 7.45. The van der Waals surface area contributed by atoms with Crippen LogP contribution in [-0.2, 0) is 11.2 Å². The molecule has 1 aromatic rings. The van der Waals surface area contributed by atoms with E-state index in [-0.39, 0.29) is 5.56 Å². The first-order valence-corrected chi connectivity index (χ1v) is 4.12. The summed E-state index contributed by atoms with van der Waals surface area (Å²) in [6, 6.07) is 2.16. The van der Waals surface area contributed by atoms with E-state index >= 15 is 0 Å². The van der Waals surface area contributed by atoms with Gasteiger partial charge in [0.15, 0.2) is 0 Å². The number of aromatic amines is 1. The molecule has 0 radical (unpaired) electrons. The van der Waals surface area contributed by atoms with E-state index in [1.807, 2.05) is 4.98 Å². The van der Waals surface area contributed by atoms with Gasteiger partial charge >= 0.3 is 5.97 Å². The summed E-state index contributed by atoms with van der Waals surface area (Å²) in [6.45, 7) is 0. The highest BCUT2D eigenvalue weighted by molar-refractivity contribution is 5.70. The monoisotopic (exact) mass is 228 g/mol. The predicted octanol–water partition coefficient (Wildman–Crippen LogP) is 0.811. The van der Waals surface area contributed by atoms with Crippen molar-refractivity contribution in [3.8, 4) is 6.07 Å².